The molecule has 0 aliphatic carbocycles. The van der Waals surface area contributed by atoms with E-state index in [1.165, 1.54) is 0 Å². The van der Waals surface area contributed by atoms with Crippen LogP contribution in [0.2, 0.25) is 0 Å². The lowest BCUT2D eigenvalue weighted by molar-refractivity contribution is -0.130. The van der Waals surface area contributed by atoms with Crippen LogP contribution in [0.5, 0.6) is 0 Å². The highest BCUT2D eigenvalue weighted by molar-refractivity contribution is 5.81. The van der Waals surface area contributed by atoms with E-state index in [9.17, 15) is 4.79 Å². The second kappa shape index (κ2) is 10.2. The Morgan fingerprint density at radius 1 is 1.00 bits per heavy atom. The van der Waals surface area contributed by atoms with Crippen LogP contribution in [-0.4, -0.2) is 32.2 Å². The van der Waals surface area contributed by atoms with E-state index >= 15 is 0 Å². The van der Waals surface area contributed by atoms with Crippen molar-refractivity contribution in [3.05, 3.63) is 0 Å². The van der Waals surface area contributed by atoms with Gasteiger partial charge in [0, 0.05) is 22.8 Å². The molecule has 0 rings (SSSR count). The minimum absolute atomic E-state index is 0.00350. The average Bonchev–Trinajstić information content (AvgIpc) is 2.46. The molecule has 0 aromatic rings. The molecule has 0 saturated carbocycles. The fourth-order valence-electron chi connectivity index (χ4n) is 1.43. The van der Waals surface area contributed by atoms with Gasteiger partial charge < -0.3 is 15.8 Å². The SMILES string of the molecule is CC.CCC(C)(C)C(=O)NCC(C)(C)COCC(C)(C)CN. The molecule has 0 aromatic carbocycles. The molecule has 0 aliphatic heterocycles. The van der Waals surface area contributed by atoms with Crippen molar-refractivity contribution in [1.82, 2.24) is 5.32 Å². The third-order valence-electron chi connectivity index (χ3n) is 3.76. The molecule has 4 heteroatoms. The summed E-state index contributed by atoms with van der Waals surface area (Å²) in [6.45, 7) is 20.8. The Balaban J connectivity index is 0. The first-order chi connectivity index (χ1) is 9.96. The molecule has 134 valence electrons. The smallest absolute Gasteiger partial charge is 0.225 e. The molecule has 0 aliphatic rings. The lowest BCUT2D eigenvalue weighted by Crippen LogP contribution is -2.43. The van der Waals surface area contributed by atoms with Crippen LogP contribution in [-0.2, 0) is 9.53 Å². The zero-order valence-corrected chi connectivity index (χ0v) is 16.4. The molecule has 0 aromatic heterocycles. The van der Waals surface area contributed by atoms with Crippen LogP contribution in [0.15, 0.2) is 0 Å². The Labute approximate surface area is 138 Å². The van der Waals surface area contributed by atoms with Crippen LogP contribution in [0.3, 0.4) is 0 Å². The minimum atomic E-state index is -0.307. The van der Waals surface area contributed by atoms with Crippen LogP contribution >= 0.6 is 0 Å². The topological polar surface area (TPSA) is 64.3 Å². The summed E-state index contributed by atoms with van der Waals surface area (Å²) in [5, 5.41) is 3.03. The van der Waals surface area contributed by atoms with Gasteiger partial charge in [0.15, 0.2) is 0 Å². The summed E-state index contributed by atoms with van der Waals surface area (Å²) in [4.78, 5) is 12.1. The molecule has 0 bridgehead atoms. The van der Waals surface area contributed by atoms with Gasteiger partial charge in [-0.1, -0.05) is 62.3 Å². The maximum Gasteiger partial charge on any atom is 0.225 e. The number of amides is 1. The monoisotopic (exact) mass is 316 g/mol. The maximum atomic E-state index is 12.1. The van der Waals surface area contributed by atoms with Crippen LogP contribution in [0.25, 0.3) is 0 Å². The summed E-state index contributed by atoms with van der Waals surface area (Å²) in [7, 11) is 0. The largest absolute Gasteiger partial charge is 0.380 e. The van der Waals surface area contributed by atoms with Crippen LogP contribution < -0.4 is 11.1 Å². The molecule has 0 fully saturated rings. The van der Waals surface area contributed by atoms with E-state index in [0.717, 1.165) is 6.42 Å². The fourth-order valence-corrected chi connectivity index (χ4v) is 1.43. The average molecular weight is 317 g/mol. The van der Waals surface area contributed by atoms with Gasteiger partial charge in [0.25, 0.3) is 0 Å². The predicted molar refractivity (Wildman–Crippen MR) is 95.9 cm³/mol. The summed E-state index contributed by atoms with van der Waals surface area (Å²) in [5.41, 5.74) is 5.30. The molecular formula is C18H40N2O2. The molecule has 0 saturated heterocycles. The molecule has 4 nitrogen and oxygen atoms in total. The van der Waals surface area contributed by atoms with Crippen molar-refractivity contribution in [3.8, 4) is 0 Å². The van der Waals surface area contributed by atoms with Crippen molar-refractivity contribution in [2.45, 2.75) is 68.7 Å². The highest BCUT2D eigenvalue weighted by Crippen LogP contribution is 2.22. The van der Waals surface area contributed by atoms with E-state index in [0.29, 0.717) is 26.3 Å². The number of hydrogen-bond donors (Lipinski definition) is 2. The van der Waals surface area contributed by atoms with E-state index in [4.69, 9.17) is 10.5 Å². The van der Waals surface area contributed by atoms with Gasteiger partial charge in [-0.05, 0) is 13.0 Å². The third kappa shape index (κ3) is 10.2. The molecule has 1 amide bonds. The standard InChI is InChI=1S/C16H34N2O2.C2H6/c1-8-16(6,7)13(19)18-10-15(4,5)12-20-11-14(2,3)9-17;1-2/h8-12,17H2,1-7H3,(H,18,19);1-2H3. The second-order valence-electron chi connectivity index (χ2n) is 7.95. The summed E-state index contributed by atoms with van der Waals surface area (Å²) < 4.78 is 5.77. The Hall–Kier alpha value is -0.610. The van der Waals surface area contributed by atoms with Gasteiger partial charge in [0.2, 0.25) is 5.91 Å². The van der Waals surface area contributed by atoms with Gasteiger partial charge in [-0.2, -0.15) is 0 Å². The summed E-state index contributed by atoms with van der Waals surface area (Å²) >= 11 is 0. The molecule has 3 N–H and O–H groups in total. The maximum absolute atomic E-state index is 12.1. The number of nitrogens with one attached hydrogen (secondary N) is 1. The Bertz CT molecular complexity index is 310. The van der Waals surface area contributed by atoms with E-state index < -0.39 is 0 Å². The van der Waals surface area contributed by atoms with Gasteiger partial charge in [-0.15, -0.1) is 0 Å². The highest BCUT2D eigenvalue weighted by atomic mass is 16.5. The lowest BCUT2D eigenvalue weighted by Gasteiger charge is -2.30. The number of ether oxygens (including phenoxy) is 1. The highest BCUT2D eigenvalue weighted by Gasteiger charge is 2.28. The minimum Gasteiger partial charge on any atom is -0.380 e. The van der Waals surface area contributed by atoms with E-state index in [1.807, 2.05) is 34.6 Å². The zero-order valence-electron chi connectivity index (χ0n) is 16.4. The first-order valence-corrected chi connectivity index (χ1v) is 8.52. The molecule has 0 atom stereocenters. The van der Waals surface area contributed by atoms with Crippen molar-refractivity contribution < 1.29 is 9.53 Å². The molecule has 0 heterocycles. The van der Waals surface area contributed by atoms with Crippen molar-refractivity contribution in [1.29, 1.82) is 0 Å². The first kappa shape index (κ1) is 23.7. The number of carbonyl (C=O) groups is 1. The van der Waals surface area contributed by atoms with Crippen LogP contribution in [0.1, 0.15) is 68.7 Å². The normalized spacial score (nSPS) is 12.5. The number of nitrogens with two attached hydrogens (primary N) is 1. The zero-order chi connectivity index (χ0) is 18.0. The predicted octanol–water partition coefficient (Wildman–Crippen LogP) is 3.59. The Morgan fingerprint density at radius 2 is 1.45 bits per heavy atom. The number of hydrogen-bond acceptors (Lipinski definition) is 3. The lowest BCUT2D eigenvalue weighted by atomic mass is 9.88. The molecule has 0 radical (unpaired) electrons. The van der Waals surface area contributed by atoms with E-state index in [1.54, 1.807) is 0 Å². The van der Waals surface area contributed by atoms with Gasteiger partial charge in [0.1, 0.15) is 0 Å². The fraction of sp³-hybridized carbons (Fsp3) is 0.944. The molecule has 22 heavy (non-hydrogen) atoms. The van der Waals surface area contributed by atoms with Crippen LogP contribution in [0, 0.1) is 16.2 Å². The van der Waals surface area contributed by atoms with E-state index in [2.05, 4.69) is 33.0 Å². The van der Waals surface area contributed by atoms with Gasteiger partial charge in [-0.3, -0.25) is 4.79 Å². The first-order valence-electron chi connectivity index (χ1n) is 8.52. The Kier molecular flexibility index (Phi) is 11.0. The molecule has 0 unspecified atom stereocenters. The molecular weight excluding hydrogens is 276 g/mol. The van der Waals surface area contributed by atoms with Crippen molar-refractivity contribution >= 4 is 5.91 Å². The number of rotatable bonds is 9. The van der Waals surface area contributed by atoms with Crippen molar-refractivity contribution in [2.75, 3.05) is 26.3 Å². The van der Waals surface area contributed by atoms with Crippen LogP contribution in [0.4, 0.5) is 0 Å². The second-order valence-corrected chi connectivity index (χ2v) is 7.95. The van der Waals surface area contributed by atoms with E-state index in [-0.39, 0.29) is 22.2 Å². The van der Waals surface area contributed by atoms with Gasteiger partial charge in [-0.25, -0.2) is 0 Å². The molecule has 0 spiro atoms. The number of carbonyl (C=O) groups excluding carboxylic acids is 1. The summed E-state index contributed by atoms with van der Waals surface area (Å²) in [5.74, 6) is 0.107. The quantitative estimate of drug-likeness (QED) is 0.683. The Morgan fingerprint density at radius 3 is 1.86 bits per heavy atom. The van der Waals surface area contributed by atoms with Crippen molar-refractivity contribution in [3.63, 3.8) is 0 Å². The van der Waals surface area contributed by atoms with Gasteiger partial charge >= 0.3 is 0 Å². The van der Waals surface area contributed by atoms with Crippen molar-refractivity contribution in [2.24, 2.45) is 22.0 Å². The summed E-state index contributed by atoms with van der Waals surface area (Å²) in [6.07, 6.45) is 0.834. The third-order valence-corrected chi connectivity index (χ3v) is 3.76. The van der Waals surface area contributed by atoms with Gasteiger partial charge in [0.05, 0.1) is 13.2 Å². The summed E-state index contributed by atoms with van der Waals surface area (Å²) in [6, 6.07) is 0.